The normalized spacial score (nSPS) is 14.4. The van der Waals surface area contributed by atoms with Crippen LogP contribution in [0.4, 0.5) is 0 Å². The molecule has 0 fully saturated rings. The van der Waals surface area contributed by atoms with Gasteiger partial charge in [0.15, 0.2) is 0 Å². The molecule has 1 aliphatic carbocycles. The number of benzene rings is 1. The molecule has 1 amide bonds. The van der Waals surface area contributed by atoms with Crippen LogP contribution in [0.3, 0.4) is 0 Å². The van der Waals surface area contributed by atoms with E-state index in [-0.39, 0.29) is 37.3 Å². The third-order valence-electron chi connectivity index (χ3n) is 6.79. The molecule has 176 valence electrons. The first kappa shape index (κ1) is 22.2. The zero-order chi connectivity index (χ0) is 24.0. The second kappa shape index (κ2) is 8.66. The van der Waals surface area contributed by atoms with Gasteiger partial charge in [0, 0.05) is 17.5 Å². The summed E-state index contributed by atoms with van der Waals surface area (Å²) in [5, 5.41) is 23.3. The van der Waals surface area contributed by atoms with Crippen molar-refractivity contribution >= 4 is 23.3 Å². The molecule has 1 aliphatic heterocycles. The zero-order valence-electron chi connectivity index (χ0n) is 18.8. The van der Waals surface area contributed by atoms with Crippen LogP contribution in [0.15, 0.2) is 23.0 Å². The summed E-state index contributed by atoms with van der Waals surface area (Å²) < 4.78 is 6.42. The lowest BCUT2D eigenvalue weighted by atomic mass is 9.94. The van der Waals surface area contributed by atoms with Crippen LogP contribution in [0, 0.1) is 0 Å². The number of ether oxygens (including phenoxy) is 1. The molecule has 3 heterocycles. The third kappa shape index (κ3) is 3.48. The summed E-state index contributed by atoms with van der Waals surface area (Å²) >= 11 is 0. The summed E-state index contributed by atoms with van der Waals surface area (Å²) in [6, 6.07) is 5.78. The summed E-state index contributed by atoms with van der Waals surface area (Å²) in [6.45, 7) is 1.43. The van der Waals surface area contributed by atoms with E-state index in [1.54, 1.807) is 17.6 Å². The fraction of sp³-hybridized carbons (Fsp3) is 0.360. The Hall–Kier alpha value is -3.56. The number of aryl methyl sites for hydroxylation is 2. The first-order chi connectivity index (χ1) is 16.4. The van der Waals surface area contributed by atoms with E-state index in [1.165, 1.54) is 11.1 Å². The topological polar surface area (TPSA) is 131 Å². The molecule has 2 aliphatic rings. The number of pyridine rings is 2. The number of nitrogens with one attached hydrogen (secondary N) is 1. The van der Waals surface area contributed by atoms with Crippen LogP contribution < -0.4 is 10.9 Å². The molecule has 0 radical (unpaired) electrons. The standard InChI is InChI=1S/C25H25N3O6/c1-13(31)16-7-21-24-18(9-28(21)25(33)19(16)11-34-12-30)17(8-26-22(32)10-29)23-15-4-2-3-14(15)5-6-20(23)27-24/h5-7,12-13,29,31H,2-4,8-11H2,1H3,(H,26,32). The van der Waals surface area contributed by atoms with Crippen LogP contribution >= 0.6 is 0 Å². The quantitative estimate of drug-likeness (QED) is 0.352. The van der Waals surface area contributed by atoms with Crippen molar-refractivity contribution in [3.05, 3.63) is 61.9 Å². The van der Waals surface area contributed by atoms with Gasteiger partial charge in [-0.1, -0.05) is 6.07 Å². The highest BCUT2D eigenvalue weighted by atomic mass is 16.5. The Morgan fingerprint density at radius 2 is 2.12 bits per heavy atom. The second-order valence-corrected chi connectivity index (χ2v) is 8.74. The Balaban J connectivity index is 1.75. The van der Waals surface area contributed by atoms with E-state index in [0.29, 0.717) is 17.0 Å². The summed E-state index contributed by atoms with van der Waals surface area (Å²) in [7, 11) is 0. The highest BCUT2D eigenvalue weighted by Gasteiger charge is 2.30. The zero-order valence-corrected chi connectivity index (χ0v) is 18.8. The summed E-state index contributed by atoms with van der Waals surface area (Å²) in [4.78, 5) is 41.0. The summed E-state index contributed by atoms with van der Waals surface area (Å²) in [5.41, 5.74) is 6.42. The molecule has 9 heteroatoms. The smallest absolute Gasteiger partial charge is 0.293 e. The number of aromatic nitrogens is 2. The number of rotatable bonds is 7. The van der Waals surface area contributed by atoms with Gasteiger partial charge in [-0.2, -0.15) is 0 Å². The van der Waals surface area contributed by atoms with Crippen LogP contribution in [-0.2, 0) is 46.9 Å². The molecule has 0 saturated heterocycles. The van der Waals surface area contributed by atoms with Crippen molar-refractivity contribution < 1.29 is 24.5 Å². The number of amides is 1. The number of hydrogen-bond acceptors (Lipinski definition) is 7. The molecule has 1 atom stereocenters. The molecule has 3 N–H and O–H groups in total. The molecule has 2 aromatic heterocycles. The van der Waals surface area contributed by atoms with Gasteiger partial charge in [-0.25, -0.2) is 4.98 Å². The maximum Gasteiger partial charge on any atom is 0.293 e. The van der Waals surface area contributed by atoms with Crippen molar-refractivity contribution in [3.8, 4) is 11.4 Å². The van der Waals surface area contributed by atoms with Gasteiger partial charge in [0.05, 0.1) is 35.1 Å². The number of nitrogens with zero attached hydrogens (tertiary/aromatic N) is 2. The van der Waals surface area contributed by atoms with Gasteiger partial charge in [-0.05, 0) is 60.6 Å². The number of carbonyl (C=O) groups excluding carboxylic acids is 2. The number of aliphatic hydroxyl groups is 2. The van der Waals surface area contributed by atoms with Crippen molar-refractivity contribution in [1.82, 2.24) is 14.9 Å². The number of carbonyl (C=O) groups is 2. The van der Waals surface area contributed by atoms with Gasteiger partial charge in [0.1, 0.15) is 13.2 Å². The molecule has 34 heavy (non-hydrogen) atoms. The third-order valence-corrected chi connectivity index (χ3v) is 6.79. The van der Waals surface area contributed by atoms with Crippen LogP contribution in [0.2, 0.25) is 0 Å². The Bertz CT molecular complexity index is 1390. The van der Waals surface area contributed by atoms with E-state index in [2.05, 4.69) is 11.4 Å². The highest BCUT2D eigenvalue weighted by molar-refractivity contribution is 5.92. The lowest BCUT2D eigenvalue weighted by molar-refractivity contribution is -0.130. The highest BCUT2D eigenvalue weighted by Crippen LogP contribution is 2.40. The van der Waals surface area contributed by atoms with Gasteiger partial charge in [0.2, 0.25) is 5.91 Å². The lowest BCUT2D eigenvalue weighted by Crippen LogP contribution is -2.27. The Morgan fingerprint density at radius 1 is 1.29 bits per heavy atom. The monoisotopic (exact) mass is 463 g/mol. The van der Waals surface area contributed by atoms with E-state index in [0.717, 1.165) is 41.3 Å². The van der Waals surface area contributed by atoms with Crippen molar-refractivity contribution in [2.75, 3.05) is 6.61 Å². The van der Waals surface area contributed by atoms with Crippen molar-refractivity contribution in [2.45, 2.75) is 52.0 Å². The Labute approximate surface area is 195 Å². The SMILES string of the molecule is CC(O)c1cc2n(c(=O)c1COC=O)Cc1c-2nc2ccc3c(c2c1CNC(=O)CO)CCC3. The molecule has 0 bridgehead atoms. The minimum Gasteiger partial charge on any atom is -0.463 e. The molecule has 3 aromatic rings. The van der Waals surface area contributed by atoms with E-state index in [9.17, 15) is 24.6 Å². The summed E-state index contributed by atoms with van der Waals surface area (Å²) in [6.07, 6.45) is 2.01. The largest absolute Gasteiger partial charge is 0.463 e. The number of aliphatic hydroxyl groups excluding tert-OH is 2. The van der Waals surface area contributed by atoms with Gasteiger partial charge in [-0.15, -0.1) is 0 Å². The van der Waals surface area contributed by atoms with E-state index in [1.807, 2.05) is 6.07 Å². The predicted molar refractivity (Wildman–Crippen MR) is 123 cm³/mol. The van der Waals surface area contributed by atoms with Gasteiger partial charge < -0.3 is 24.8 Å². The van der Waals surface area contributed by atoms with E-state index in [4.69, 9.17) is 9.72 Å². The van der Waals surface area contributed by atoms with Crippen LogP contribution in [0.25, 0.3) is 22.3 Å². The average molecular weight is 463 g/mol. The minimum atomic E-state index is -0.944. The molecular formula is C25H25N3O6. The molecular weight excluding hydrogens is 438 g/mol. The maximum absolute atomic E-state index is 13.4. The molecule has 1 unspecified atom stereocenters. The maximum atomic E-state index is 13.4. The van der Waals surface area contributed by atoms with Crippen LogP contribution in [0.1, 0.15) is 52.8 Å². The Morgan fingerprint density at radius 3 is 2.85 bits per heavy atom. The van der Waals surface area contributed by atoms with E-state index >= 15 is 0 Å². The first-order valence-corrected chi connectivity index (χ1v) is 11.3. The van der Waals surface area contributed by atoms with Gasteiger partial charge in [-0.3, -0.25) is 14.4 Å². The van der Waals surface area contributed by atoms with Gasteiger partial charge >= 0.3 is 0 Å². The number of fused-ring (bicyclic) bond motifs is 6. The fourth-order valence-electron chi connectivity index (χ4n) is 5.24. The van der Waals surface area contributed by atoms with Crippen molar-refractivity contribution in [3.63, 3.8) is 0 Å². The van der Waals surface area contributed by atoms with Crippen LogP contribution in [-0.4, -0.2) is 38.8 Å². The van der Waals surface area contributed by atoms with Gasteiger partial charge in [0.25, 0.3) is 12.0 Å². The second-order valence-electron chi connectivity index (χ2n) is 8.74. The molecule has 9 nitrogen and oxygen atoms in total. The summed E-state index contributed by atoms with van der Waals surface area (Å²) in [5.74, 6) is -0.483. The van der Waals surface area contributed by atoms with Crippen LogP contribution in [0.5, 0.6) is 0 Å². The van der Waals surface area contributed by atoms with Crippen molar-refractivity contribution in [1.29, 1.82) is 0 Å². The fourth-order valence-corrected chi connectivity index (χ4v) is 5.24. The Kier molecular flexibility index (Phi) is 5.66. The van der Waals surface area contributed by atoms with Crippen molar-refractivity contribution in [2.24, 2.45) is 0 Å². The molecule has 0 spiro atoms. The molecule has 5 rings (SSSR count). The minimum absolute atomic E-state index is 0.199. The average Bonchev–Trinajstić information content (AvgIpc) is 3.45. The van der Waals surface area contributed by atoms with E-state index < -0.39 is 18.6 Å². The number of hydrogen-bond donors (Lipinski definition) is 3. The first-order valence-electron chi connectivity index (χ1n) is 11.3. The molecule has 0 saturated carbocycles. The molecule has 1 aromatic carbocycles. The predicted octanol–water partition coefficient (Wildman–Crippen LogP) is 1.25. The lowest BCUT2D eigenvalue weighted by Gasteiger charge is -2.16.